The number of benzene rings is 1. The predicted octanol–water partition coefficient (Wildman–Crippen LogP) is 2.05. The van der Waals surface area contributed by atoms with Gasteiger partial charge >= 0.3 is 0 Å². The van der Waals surface area contributed by atoms with Crippen LogP contribution in [-0.2, 0) is 11.3 Å². The van der Waals surface area contributed by atoms with E-state index in [0.29, 0.717) is 6.61 Å². The van der Waals surface area contributed by atoms with Gasteiger partial charge in [-0.15, -0.1) is 0 Å². The molecule has 0 aromatic heterocycles. The van der Waals surface area contributed by atoms with Gasteiger partial charge in [0, 0.05) is 13.7 Å². The molecule has 1 aromatic rings. The summed E-state index contributed by atoms with van der Waals surface area (Å²) < 4.78 is 4.90. The molecule has 2 rings (SSSR count). The van der Waals surface area contributed by atoms with Crippen molar-refractivity contribution in [2.24, 2.45) is 0 Å². The third-order valence-corrected chi connectivity index (χ3v) is 3.40. The van der Waals surface area contributed by atoms with Gasteiger partial charge in [0.05, 0.1) is 12.7 Å². The first-order valence-electron chi connectivity index (χ1n) is 6.76. The Balaban J connectivity index is 1.73. The van der Waals surface area contributed by atoms with E-state index in [1.165, 1.54) is 24.0 Å². The molecule has 1 fully saturated rings. The van der Waals surface area contributed by atoms with E-state index in [-0.39, 0.29) is 6.10 Å². The van der Waals surface area contributed by atoms with E-state index in [2.05, 4.69) is 29.6 Å². The topological polar surface area (TPSA) is 41.5 Å². The van der Waals surface area contributed by atoms with Crippen LogP contribution in [0.5, 0.6) is 0 Å². The zero-order valence-corrected chi connectivity index (χ0v) is 11.1. The summed E-state index contributed by atoms with van der Waals surface area (Å²) in [5.41, 5.74) is 2.91. The van der Waals surface area contributed by atoms with Crippen LogP contribution < -0.4 is 5.32 Å². The summed E-state index contributed by atoms with van der Waals surface area (Å²) in [4.78, 5) is 0. The van der Waals surface area contributed by atoms with Crippen LogP contribution in [0.1, 0.15) is 36.3 Å². The maximum Gasteiger partial charge on any atom is 0.0785 e. The van der Waals surface area contributed by atoms with Crippen molar-refractivity contribution in [1.29, 1.82) is 0 Å². The Bertz CT molecular complexity index is 363. The van der Waals surface area contributed by atoms with Gasteiger partial charge in [0.15, 0.2) is 0 Å². The molecule has 1 aliphatic rings. The Hall–Kier alpha value is -0.900. The standard InChI is InChI=1S/C15H23NO2/c1-18-11-14(17)8-9-16-10-13-4-2-3-5-15(13)12-6-7-12/h2-5,12,14,16-17H,6-11H2,1H3. The van der Waals surface area contributed by atoms with Crippen molar-refractivity contribution in [3.63, 3.8) is 0 Å². The highest BCUT2D eigenvalue weighted by molar-refractivity contribution is 5.33. The summed E-state index contributed by atoms with van der Waals surface area (Å²) in [6.45, 7) is 2.14. The van der Waals surface area contributed by atoms with Gasteiger partial charge in [-0.3, -0.25) is 0 Å². The molecule has 100 valence electrons. The molecule has 0 amide bonds. The van der Waals surface area contributed by atoms with E-state index >= 15 is 0 Å². The lowest BCUT2D eigenvalue weighted by atomic mass is 10.0. The van der Waals surface area contributed by atoms with Crippen LogP contribution in [0.15, 0.2) is 24.3 Å². The number of methoxy groups -OCH3 is 1. The summed E-state index contributed by atoms with van der Waals surface area (Å²) in [5.74, 6) is 0.794. The summed E-state index contributed by atoms with van der Waals surface area (Å²) in [7, 11) is 1.61. The number of rotatable bonds is 8. The Morgan fingerprint density at radius 2 is 2.17 bits per heavy atom. The first kappa shape index (κ1) is 13.5. The van der Waals surface area contributed by atoms with Crippen LogP contribution >= 0.6 is 0 Å². The molecule has 0 spiro atoms. The lowest BCUT2D eigenvalue weighted by Crippen LogP contribution is -2.23. The molecular weight excluding hydrogens is 226 g/mol. The van der Waals surface area contributed by atoms with E-state index in [1.807, 2.05) is 0 Å². The second-order valence-corrected chi connectivity index (χ2v) is 5.05. The minimum atomic E-state index is -0.360. The van der Waals surface area contributed by atoms with Gasteiger partial charge in [0.1, 0.15) is 0 Å². The van der Waals surface area contributed by atoms with Gasteiger partial charge in [-0.2, -0.15) is 0 Å². The summed E-state index contributed by atoms with van der Waals surface area (Å²) >= 11 is 0. The monoisotopic (exact) mass is 249 g/mol. The van der Waals surface area contributed by atoms with Crippen LogP contribution in [0.25, 0.3) is 0 Å². The Morgan fingerprint density at radius 3 is 2.89 bits per heavy atom. The van der Waals surface area contributed by atoms with Crippen molar-refractivity contribution in [3.05, 3.63) is 35.4 Å². The third-order valence-electron chi connectivity index (χ3n) is 3.40. The number of hydrogen-bond acceptors (Lipinski definition) is 3. The lowest BCUT2D eigenvalue weighted by molar-refractivity contribution is 0.0594. The number of aliphatic hydroxyl groups is 1. The molecule has 3 heteroatoms. The molecule has 1 atom stereocenters. The highest BCUT2D eigenvalue weighted by atomic mass is 16.5. The molecule has 1 unspecified atom stereocenters. The minimum Gasteiger partial charge on any atom is -0.391 e. The molecular formula is C15H23NO2. The Kier molecular flexibility index (Phi) is 5.17. The van der Waals surface area contributed by atoms with Crippen LogP contribution in [0.4, 0.5) is 0 Å². The Morgan fingerprint density at radius 1 is 1.39 bits per heavy atom. The summed E-state index contributed by atoms with van der Waals surface area (Å²) in [6.07, 6.45) is 3.05. The van der Waals surface area contributed by atoms with Crippen molar-refractivity contribution < 1.29 is 9.84 Å². The molecule has 18 heavy (non-hydrogen) atoms. The van der Waals surface area contributed by atoms with Crippen molar-refractivity contribution in [2.75, 3.05) is 20.3 Å². The smallest absolute Gasteiger partial charge is 0.0785 e. The number of ether oxygens (including phenoxy) is 1. The normalized spacial score (nSPS) is 16.8. The molecule has 2 N–H and O–H groups in total. The van der Waals surface area contributed by atoms with E-state index in [1.54, 1.807) is 7.11 Å². The van der Waals surface area contributed by atoms with Gasteiger partial charge in [-0.05, 0) is 42.9 Å². The second-order valence-electron chi connectivity index (χ2n) is 5.05. The highest BCUT2D eigenvalue weighted by Gasteiger charge is 2.25. The quantitative estimate of drug-likeness (QED) is 0.693. The fraction of sp³-hybridized carbons (Fsp3) is 0.600. The fourth-order valence-corrected chi connectivity index (χ4v) is 2.26. The average molecular weight is 249 g/mol. The van der Waals surface area contributed by atoms with Crippen LogP contribution in [0, 0.1) is 0 Å². The largest absolute Gasteiger partial charge is 0.391 e. The Labute approximate surface area is 109 Å². The fourth-order valence-electron chi connectivity index (χ4n) is 2.26. The van der Waals surface area contributed by atoms with Gasteiger partial charge in [-0.1, -0.05) is 24.3 Å². The van der Waals surface area contributed by atoms with Crippen molar-refractivity contribution in [3.8, 4) is 0 Å². The van der Waals surface area contributed by atoms with Crippen molar-refractivity contribution in [1.82, 2.24) is 5.32 Å². The van der Waals surface area contributed by atoms with E-state index in [9.17, 15) is 5.11 Å². The minimum absolute atomic E-state index is 0.360. The molecule has 3 nitrogen and oxygen atoms in total. The maximum absolute atomic E-state index is 9.53. The number of aliphatic hydroxyl groups excluding tert-OH is 1. The predicted molar refractivity (Wildman–Crippen MR) is 72.6 cm³/mol. The summed E-state index contributed by atoms with van der Waals surface area (Å²) in [6, 6.07) is 8.67. The SMILES string of the molecule is COCC(O)CCNCc1ccccc1C1CC1. The highest BCUT2D eigenvalue weighted by Crippen LogP contribution is 2.41. The molecule has 0 heterocycles. The number of nitrogens with one attached hydrogen (secondary N) is 1. The van der Waals surface area contributed by atoms with Gasteiger partial charge in [0.2, 0.25) is 0 Å². The maximum atomic E-state index is 9.53. The second kappa shape index (κ2) is 6.88. The zero-order chi connectivity index (χ0) is 12.8. The van der Waals surface area contributed by atoms with Crippen LogP contribution in [0.2, 0.25) is 0 Å². The zero-order valence-electron chi connectivity index (χ0n) is 11.1. The molecule has 1 aromatic carbocycles. The molecule has 0 radical (unpaired) electrons. The molecule has 0 bridgehead atoms. The van der Waals surface area contributed by atoms with E-state index in [4.69, 9.17) is 4.74 Å². The first-order chi connectivity index (χ1) is 8.81. The molecule has 1 saturated carbocycles. The molecule has 0 aliphatic heterocycles. The average Bonchev–Trinajstić information content (AvgIpc) is 3.20. The van der Waals surface area contributed by atoms with Gasteiger partial charge in [0.25, 0.3) is 0 Å². The van der Waals surface area contributed by atoms with Crippen LogP contribution in [-0.4, -0.2) is 31.5 Å². The number of hydrogen-bond donors (Lipinski definition) is 2. The molecule has 0 saturated heterocycles. The van der Waals surface area contributed by atoms with E-state index < -0.39 is 0 Å². The molecule has 1 aliphatic carbocycles. The van der Waals surface area contributed by atoms with E-state index in [0.717, 1.165) is 25.4 Å². The summed E-state index contributed by atoms with van der Waals surface area (Å²) in [5, 5.41) is 12.9. The van der Waals surface area contributed by atoms with Crippen LogP contribution in [0.3, 0.4) is 0 Å². The van der Waals surface area contributed by atoms with Gasteiger partial charge in [-0.25, -0.2) is 0 Å². The first-order valence-corrected chi connectivity index (χ1v) is 6.76. The van der Waals surface area contributed by atoms with Crippen molar-refractivity contribution in [2.45, 2.75) is 37.8 Å². The van der Waals surface area contributed by atoms with Gasteiger partial charge < -0.3 is 15.2 Å². The van der Waals surface area contributed by atoms with Crippen molar-refractivity contribution >= 4 is 0 Å². The third kappa shape index (κ3) is 4.09. The lowest BCUT2D eigenvalue weighted by Gasteiger charge is -2.12.